The minimum absolute atomic E-state index is 0.144. The summed E-state index contributed by atoms with van der Waals surface area (Å²) >= 11 is 0. The number of aliphatic hydroxyl groups is 2. The lowest BCUT2D eigenvalue weighted by Crippen LogP contribution is -2.54. The summed E-state index contributed by atoms with van der Waals surface area (Å²) in [6.45, 7) is 4.46. The number of ether oxygens (including phenoxy) is 2. The summed E-state index contributed by atoms with van der Waals surface area (Å²) in [7, 11) is 0. The van der Waals surface area contributed by atoms with E-state index in [1.54, 1.807) is 0 Å². The molecule has 0 unspecified atom stereocenters. The Hall–Kier alpha value is -4.63. The van der Waals surface area contributed by atoms with Gasteiger partial charge in [0.1, 0.15) is 24.1 Å². The van der Waals surface area contributed by atoms with E-state index in [0.29, 0.717) is 0 Å². The van der Waals surface area contributed by atoms with Crippen LogP contribution < -0.4 is 22.1 Å². The van der Waals surface area contributed by atoms with E-state index in [9.17, 15) is 34.5 Å². The third kappa shape index (κ3) is 6.63. The van der Waals surface area contributed by atoms with Crippen LogP contribution in [0.2, 0.25) is 0 Å². The number of carboxylic acids is 1. The highest BCUT2D eigenvalue weighted by molar-refractivity contribution is 5.90. The molecule has 0 aliphatic carbocycles. The molecule has 3 aromatic rings. The number of hydrogen-bond acceptors (Lipinski definition) is 10. The molecule has 2 heterocycles. The molecule has 1 fully saturated rings. The molecule has 42 heavy (non-hydrogen) atoms. The Morgan fingerprint density at radius 3 is 2.57 bits per heavy atom. The molecule has 2 aromatic carbocycles. The van der Waals surface area contributed by atoms with Crippen LogP contribution in [0.3, 0.4) is 0 Å². The summed E-state index contributed by atoms with van der Waals surface area (Å²) in [5, 5.41) is 35.4. The van der Waals surface area contributed by atoms with Gasteiger partial charge in [-0.15, -0.1) is 0 Å². The van der Waals surface area contributed by atoms with Crippen LogP contribution in [-0.2, 0) is 25.5 Å². The zero-order valence-corrected chi connectivity index (χ0v) is 22.5. The van der Waals surface area contributed by atoms with Crippen molar-refractivity contribution in [2.75, 3.05) is 11.9 Å². The van der Waals surface area contributed by atoms with Crippen molar-refractivity contribution in [3.8, 4) is 0 Å². The number of carbonyl (C=O) groups excluding carboxylic acids is 2. The fraction of sp³-hybridized carbons (Fsp3) is 0.321. The van der Waals surface area contributed by atoms with Crippen molar-refractivity contribution in [2.24, 2.45) is 5.73 Å². The number of carboxylic acid groups (broad SMARTS) is 1. The van der Waals surface area contributed by atoms with E-state index >= 15 is 0 Å². The van der Waals surface area contributed by atoms with Gasteiger partial charge in [-0.3, -0.25) is 14.7 Å². The Balaban J connectivity index is 1.36. The smallest absolute Gasteiger partial charge is 0.413 e. The summed E-state index contributed by atoms with van der Waals surface area (Å²) in [5.74, 6) is -2.42. The second-order valence-electron chi connectivity index (χ2n) is 9.74. The van der Waals surface area contributed by atoms with E-state index in [0.717, 1.165) is 20.9 Å². The lowest BCUT2D eigenvalue weighted by atomic mass is 9.98. The van der Waals surface area contributed by atoms with Crippen molar-refractivity contribution in [1.82, 2.24) is 14.9 Å². The van der Waals surface area contributed by atoms with Gasteiger partial charge in [0.05, 0.1) is 12.6 Å². The van der Waals surface area contributed by atoms with E-state index in [4.69, 9.17) is 15.2 Å². The number of benzene rings is 2. The van der Waals surface area contributed by atoms with Gasteiger partial charge in [0, 0.05) is 11.8 Å². The first-order valence-corrected chi connectivity index (χ1v) is 13.0. The van der Waals surface area contributed by atoms with E-state index in [1.807, 2.05) is 42.5 Å². The SMILES string of the molecule is C=C1[C@H](n2ccc(NC(=O)O[C@@H](C)[C@@H](NC(=O)[C@@H](N)Cc3cccc4ccccc34)C(=O)O)nc2=O)O[C@H](CO)[C@H]1O. The Morgan fingerprint density at radius 1 is 1.19 bits per heavy atom. The number of aliphatic hydroxyl groups excluding tert-OH is 2. The van der Waals surface area contributed by atoms with Crippen LogP contribution >= 0.6 is 0 Å². The Kier molecular flexibility index (Phi) is 9.32. The molecule has 2 amide bonds. The van der Waals surface area contributed by atoms with Crippen molar-refractivity contribution < 1.29 is 39.2 Å². The molecule has 1 saturated heterocycles. The highest BCUT2D eigenvalue weighted by Crippen LogP contribution is 2.31. The first-order valence-electron chi connectivity index (χ1n) is 13.0. The number of fused-ring (bicyclic) bond motifs is 1. The molecule has 222 valence electrons. The first kappa shape index (κ1) is 30.3. The second-order valence-corrected chi connectivity index (χ2v) is 9.74. The Labute approximate surface area is 239 Å². The second kappa shape index (κ2) is 12.9. The maximum absolute atomic E-state index is 12.8. The average molecular weight is 582 g/mol. The van der Waals surface area contributed by atoms with Crippen LogP contribution in [0.1, 0.15) is 18.7 Å². The molecule has 6 atom stereocenters. The van der Waals surface area contributed by atoms with Gasteiger partial charge in [-0.25, -0.2) is 14.4 Å². The van der Waals surface area contributed by atoms with Crippen molar-refractivity contribution in [1.29, 1.82) is 0 Å². The van der Waals surface area contributed by atoms with E-state index in [2.05, 4.69) is 22.2 Å². The number of aromatic nitrogens is 2. The number of hydrogen-bond donors (Lipinski definition) is 6. The Morgan fingerprint density at radius 2 is 1.90 bits per heavy atom. The van der Waals surface area contributed by atoms with Gasteiger partial charge in [-0.05, 0) is 35.7 Å². The van der Waals surface area contributed by atoms with Crippen molar-refractivity contribution >= 4 is 34.6 Å². The topological polar surface area (TPSA) is 215 Å². The maximum atomic E-state index is 12.8. The summed E-state index contributed by atoms with van der Waals surface area (Å²) < 4.78 is 11.6. The van der Waals surface area contributed by atoms with E-state index in [-0.39, 0.29) is 17.8 Å². The highest BCUT2D eigenvalue weighted by atomic mass is 16.6. The largest absolute Gasteiger partial charge is 0.480 e. The fourth-order valence-corrected chi connectivity index (χ4v) is 4.57. The average Bonchev–Trinajstić information content (AvgIpc) is 3.24. The van der Waals surface area contributed by atoms with Crippen molar-refractivity contribution in [3.05, 3.63) is 82.9 Å². The van der Waals surface area contributed by atoms with Gasteiger partial charge in [-0.1, -0.05) is 49.0 Å². The van der Waals surface area contributed by atoms with Crippen LogP contribution in [-0.4, -0.2) is 79.8 Å². The van der Waals surface area contributed by atoms with Gasteiger partial charge in [0.15, 0.2) is 12.3 Å². The van der Waals surface area contributed by atoms with Gasteiger partial charge >= 0.3 is 17.8 Å². The van der Waals surface area contributed by atoms with E-state index < -0.39 is 66.9 Å². The lowest BCUT2D eigenvalue weighted by molar-refractivity contribution is -0.144. The quantitative estimate of drug-likeness (QED) is 0.179. The summed E-state index contributed by atoms with van der Waals surface area (Å²) in [4.78, 5) is 53.4. The number of carbonyl (C=O) groups is 3. The molecule has 14 heteroatoms. The number of aliphatic carboxylic acids is 1. The number of amides is 2. The number of nitrogens with one attached hydrogen (secondary N) is 2. The maximum Gasteiger partial charge on any atom is 0.413 e. The zero-order valence-electron chi connectivity index (χ0n) is 22.5. The third-order valence-electron chi connectivity index (χ3n) is 6.83. The minimum atomic E-state index is -1.63. The Bertz CT molecular complexity index is 1550. The minimum Gasteiger partial charge on any atom is -0.480 e. The van der Waals surface area contributed by atoms with Crippen molar-refractivity contribution in [3.63, 3.8) is 0 Å². The molecule has 14 nitrogen and oxygen atoms in total. The van der Waals surface area contributed by atoms with Crippen LogP contribution in [0.15, 0.2) is 71.7 Å². The third-order valence-corrected chi connectivity index (χ3v) is 6.83. The molecule has 0 spiro atoms. The van der Waals surface area contributed by atoms with Crippen LogP contribution in [0.25, 0.3) is 10.8 Å². The summed E-state index contributed by atoms with van der Waals surface area (Å²) in [6, 6.07) is 11.7. The predicted octanol–water partition coefficient (Wildman–Crippen LogP) is 0.280. The van der Waals surface area contributed by atoms with E-state index in [1.165, 1.54) is 19.2 Å². The number of nitrogens with two attached hydrogens (primary N) is 1. The molecule has 7 N–H and O–H groups in total. The molecular formula is C28H31N5O9. The number of anilines is 1. The summed E-state index contributed by atoms with van der Waals surface area (Å²) in [5.41, 5.74) is 6.18. The van der Waals surface area contributed by atoms with Crippen molar-refractivity contribution in [2.45, 2.75) is 50.0 Å². The molecule has 0 bridgehead atoms. The van der Waals surface area contributed by atoms with Crippen LogP contribution in [0.4, 0.5) is 10.6 Å². The lowest BCUT2D eigenvalue weighted by Gasteiger charge is -2.23. The van der Waals surface area contributed by atoms with Crippen LogP contribution in [0.5, 0.6) is 0 Å². The molecule has 0 radical (unpaired) electrons. The van der Waals surface area contributed by atoms with Gasteiger partial charge in [-0.2, -0.15) is 4.98 Å². The molecule has 1 aliphatic rings. The standard InChI is InChI=1S/C28H31N5O9/c1-14-23(35)20(13-34)42-25(14)33-11-10-21(30-27(33)39)31-28(40)41-15(2)22(26(37)38)32-24(36)19(29)12-17-8-5-7-16-6-3-4-9-18(16)17/h3-11,15,19-20,22-23,25,34-35H,1,12-13,29H2,2H3,(H,32,36)(H,37,38)(H,30,31,39,40)/t15-,19-,20+,22+,23-,25+/m0/s1. The first-order chi connectivity index (χ1) is 20.0. The predicted molar refractivity (Wildman–Crippen MR) is 149 cm³/mol. The molecule has 1 aliphatic heterocycles. The zero-order chi connectivity index (χ0) is 30.6. The molecule has 1 aromatic heterocycles. The summed E-state index contributed by atoms with van der Waals surface area (Å²) in [6.07, 6.45) is -4.32. The fourth-order valence-electron chi connectivity index (χ4n) is 4.57. The molecule has 0 saturated carbocycles. The number of nitrogens with zero attached hydrogens (tertiary/aromatic N) is 2. The van der Waals surface area contributed by atoms with Gasteiger partial charge < -0.3 is 35.8 Å². The van der Waals surface area contributed by atoms with Crippen LogP contribution in [0, 0.1) is 0 Å². The highest BCUT2D eigenvalue weighted by Gasteiger charge is 2.38. The molecule has 4 rings (SSSR count). The molecular weight excluding hydrogens is 550 g/mol. The number of rotatable bonds is 10. The van der Waals surface area contributed by atoms with Gasteiger partial charge in [0.2, 0.25) is 5.91 Å². The monoisotopic (exact) mass is 581 g/mol. The normalized spacial score (nSPS) is 20.5. The van der Waals surface area contributed by atoms with Gasteiger partial charge in [0.25, 0.3) is 0 Å².